The highest BCUT2D eigenvalue weighted by Crippen LogP contribution is 2.40. The quantitative estimate of drug-likeness (QED) is 0.244. The summed E-state index contributed by atoms with van der Waals surface area (Å²) in [5.74, 6) is -6.11. The van der Waals surface area contributed by atoms with Crippen molar-refractivity contribution in [2.24, 2.45) is 0 Å². The van der Waals surface area contributed by atoms with Gasteiger partial charge in [0.05, 0.1) is 5.56 Å². The Morgan fingerprint density at radius 2 is 1.26 bits per heavy atom. The van der Waals surface area contributed by atoms with E-state index in [9.17, 15) is 22.0 Å². The first kappa shape index (κ1) is 24.6. The van der Waals surface area contributed by atoms with Gasteiger partial charge in [0.1, 0.15) is 11.6 Å². The Kier molecular flexibility index (Phi) is 6.74. The smallest absolute Gasteiger partial charge is 0.399 e. The van der Waals surface area contributed by atoms with E-state index < -0.39 is 35.4 Å². The molecule has 4 rings (SSSR count). The molecule has 0 bridgehead atoms. The highest BCUT2D eigenvalue weighted by Gasteiger charge is 2.34. The Balaban J connectivity index is 1.85. The fourth-order valence-electron chi connectivity index (χ4n) is 4.11. The Morgan fingerprint density at radius 1 is 0.714 bits per heavy atom. The summed E-state index contributed by atoms with van der Waals surface area (Å²) in [5.41, 5.74) is 0.742. The maximum Gasteiger partial charge on any atom is 0.573 e. The number of fused-ring (bicyclic) bond motifs is 1. The molecule has 0 N–H and O–H groups in total. The second-order valence-corrected chi connectivity index (χ2v) is 8.06. The van der Waals surface area contributed by atoms with E-state index in [1.807, 2.05) is 6.92 Å². The lowest BCUT2D eigenvalue weighted by Gasteiger charge is -2.15. The number of hydrogen-bond donors (Lipinski definition) is 0. The number of ether oxygens (including phenoxy) is 1. The molecule has 8 heteroatoms. The summed E-state index contributed by atoms with van der Waals surface area (Å²) in [6.45, 7) is 1.98. The van der Waals surface area contributed by atoms with Gasteiger partial charge in [0, 0.05) is 0 Å². The van der Waals surface area contributed by atoms with Crippen LogP contribution in [0, 0.1) is 23.3 Å². The molecule has 0 radical (unpaired) electrons. The third-order valence-corrected chi connectivity index (χ3v) is 5.64. The third-order valence-electron chi connectivity index (χ3n) is 5.64. The summed E-state index contributed by atoms with van der Waals surface area (Å²) in [6.07, 6.45) is -3.06. The van der Waals surface area contributed by atoms with Crippen molar-refractivity contribution in [2.75, 3.05) is 0 Å². The maximum atomic E-state index is 15.0. The molecule has 0 aliphatic heterocycles. The van der Waals surface area contributed by atoms with Crippen LogP contribution in [0.5, 0.6) is 5.75 Å². The predicted octanol–water partition coefficient (Wildman–Crippen LogP) is 8.97. The number of unbranched alkanes of at least 4 members (excludes halogenated alkanes) is 1. The van der Waals surface area contributed by atoms with Gasteiger partial charge in [0.2, 0.25) is 5.75 Å². The van der Waals surface area contributed by atoms with Gasteiger partial charge in [-0.15, -0.1) is 13.2 Å². The monoisotopic (exact) mass is 492 g/mol. The van der Waals surface area contributed by atoms with Crippen molar-refractivity contribution in [3.8, 4) is 28.0 Å². The summed E-state index contributed by atoms with van der Waals surface area (Å²) < 4.78 is 99.6. The number of alkyl halides is 3. The van der Waals surface area contributed by atoms with Crippen LogP contribution in [0.4, 0.5) is 30.7 Å². The molecule has 182 valence electrons. The number of benzene rings is 4. The first-order valence-electron chi connectivity index (χ1n) is 10.8. The molecule has 4 aromatic carbocycles. The molecule has 0 fully saturated rings. The van der Waals surface area contributed by atoms with Gasteiger partial charge in [-0.3, -0.25) is 0 Å². The van der Waals surface area contributed by atoms with Crippen molar-refractivity contribution in [1.82, 2.24) is 0 Å². The predicted molar refractivity (Wildman–Crippen MR) is 120 cm³/mol. The van der Waals surface area contributed by atoms with Crippen LogP contribution >= 0.6 is 0 Å². The van der Waals surface area contributed by atoms with Crippen LogP contribution in [0.2, 0.25) is 0 Å². The lowest BCUT2D eigenvalue weighted by Crippen LogP contribution is -2.19. The van der Waals surface area contributed by atoms with Crippen LogP contribution in [-0.4, -0.2) is 6.36 Å². The van der Waals surface area contributed by atoms with Crippen LogP contribution in [0.15, 0.2) is 60.7 Å². The number of halogens is 7. The van der Waals surface area contributed by atoms with Crippen molar-refractivity contribution in [3.05, 3.63) is 89.5 Å². The minimum absolute atomic E-state index is 0.0619. The number of aryl methyl sites for hydroxylation is 1. The zero-order chi connectivity index (χ0) is 25.3. The van der Waals surface area contributed by atoms with E-state index in [1.165, 1.54) is 24.3 Å². The van der Waals surface area contributed by atoms with Crippen LogP contribution in [0.1, 0.15) is 25.3 Å². The average molecular weight is 492 g/mol. The molecule has 0 aliphatic rings. The van der Waals surface area contributed by atoms with E-state index in [2.05, 4.69) is 4.74 Å². The zero-order valence-corrected chi connectivity index (χ0v) is 18.4. The molecule has 0 amide bonds. The van der Waals surface area contributed by atoms with E-state index in [4.69, 9.17) is 0 Å². The third kappa shape index (κ3) is 5.11. The van der Waals surface area contributed by atoms with E-state index in [-0.39, 0.29) is 22.3 Å². The minimum atomic E-state index is -5.27. The molecule has 0 spiro atoms. The molecule has 0 saturated heterocycles. The van der Waals surface area contributed by atoms with Gasteiger partial charge in [0.25, 0.3) is 0 Å². The Hall–Kier alpha value is -3.55. The molecular formula is C27H19F7O. The van der Waals surface area contributed by atoms with Crippen molar-refractivity contribution in [2.45, 2.75) is 32.5 Å². The maximum absolute atomic E-state index is 15.0. The van der Waals surface area contributed by atoms with E-state index in [0.717, 1.165) is 25.0 Å². The molecule has 0 saturated carbocycles. The second kappa shape index (κ2) is 9.60. The fourth-order valence-corrected chi connectivity index (χ4v) is 4.11. The summed E-state index contributed by atoms with van der Waals surface area (Å²) in [5, 5.41) is 0.808. The molecular weight excluding hydrogens is 473 g/mol. The zero-order valence-electron chi connectivity index (χ0n) is 18.4. The van der Waals surface area contributed by atoms with Gasteiger partial charge in [-0.05, 0) is 70.1 Å². The van der Waals surface area contributed by atoms with E-state index >= 15 is 8.78 Å². The normalized spacial score (nSPS) is 11.8. The first-order valence-corrected chi connectivity index (χ1v) is 10.8. The summed E-state index contributed by atoms with van der Waals surface area (Å²) >= 11 is 0. The van der Waals surface area contributed by atoms with Crippen LogP contribution < -0.4 is 4.74 Å². The second-order valence-electron chi connectivity index (χ2n) is 8.06. The van der Waals surface area contributed by atoms with Gasteiger partial charge >= 0.3 is 6.36 Å². The molecule has 0 unspecified atom stereocenters. The van der Waals surface area contributed by atoms with Crippen molar-refractivity contribution in [1.29, 1.82) is 0 Å². The molecule has 0 atom stereocenters. The standard InChI is InChI=1S/C27H19F7O/c1-2-3-6-15-11-21(28)25(22(29)12-15)20-10-9-17(18-7-4-5-8-19(18)20)16-13-23(30)26(24(31)14-16)35-27(32,33)34/h4-5,7-14H,2-3,6H2,1H3. The van der Waals surface area contributed by atoms with Crippen molar-refractivity contribution < 1.29 is 35.5 Å². The Morgan fingerprint density at radius 3 is 1.80 bits per heavy atom. The number of hydrogen-bond acceptors (Lipinski definition) is 1. The van der Waals surface area contributed by atoms with Gasteiger partial charge in [-0.1, -0.05) is 49.7 Å². The largest absolute Gasteiger partial charge is 0.573 e. The summed E-state index contributed by atoms with van der Waals surface area (Å²) in [4.78, 5) is 0. The number of rotatable bonds is 6. The van der Waals surface area contributed by atoms with Crippen molar-refractivity contribution >= 4 is 10.8 Å². The van der Waals surface area contributed by atoms with Gasteiger partial charge in [-0.2, -0.15) is 0 Å². The van der Waals surface area contributed by atoms with Crippen molar-refractivity contribution in [3.63, 3.8) is 0 Å². The molecule has 4 aromatic rings. The van der Waals surface area contributed by atoms with Gasteiger partial charge in [-0.25, -0.2) is 17.6 Å². The minimum Gasteiger partial charge on any atom is -0.399 e. The summed E-state index contributed by atoms with van der Waals surface area (Å²) in [7, 11) is 0. The average Bonchev–Trinajstić information content (AvgIpc) is 2.79. The summed E-state index contributed by atoms with van der Waals surface area (Å²) in [6, 6.07) is 13.3. The lowest BCUT2D eigenvalue weighted by atomic mass is 9.91. The topological polar surface area (TPSA) is 9.23 Å². The Bertz CT molecular complexity index is 1350. The highest BCUT2D eigenvalue weighted by atomic mass is 19.4. The molecule has 35 heavy (non-hydrogen) atoms. The SMILES string of the molecule is CCCCc1cc(F)c(-c2ccc(-c3cc(F)c(OC(F)(F)F)c(F)c3)c3ccccc23)c(F)c1. The fraction of sp³-hybridized carbons (Fsp3) is 0.185. The van der Waals surface area contributed by atoms with Crippen LogP contribution in [-0.2, 0) is 6.42 Å². The molecule has 0 aliphatic carbocycles. The molecule has 1 nitrogen and oxygen atoms in total. The first-order chi connectivity index (χ1) is 16.6. The van der Waals surface area contributed by atoms with Gasteiger partial charge < -0.3 is 4.74 Å². The highest BCUT2D eigenvalue weighted by molar-refractivity contribution is 6.05. The van der Waals surface area contributed by atoms with E-state index in [0.29, 0.717) is 22.8 Å². The molecule has 0 aromatic heterocycles. The Labute approximate surface area is 196 Å². The van der Waals surface area contributed by atoms with E-state index in [1.54, 1.807) is 24.3 Å². The van der Waals surface area contributed by atoms with Gasteiger partial charge in [0.15, 0.2) is 11.6 Å². The van der Waals surface area contributed by atoms with Crippen LogP contribution in [0.25, 0.3) is 33.0 Å². The lowest BCUT2D eigenvalue weighted by molar-refractivity contribution is -0.276. The van der Waals surface area contributed by atoms with Crippen LogP contribution in [0.3, 0.4) is 0 Å². The molecule has 0 heterocycles.